The van der Waals surface area contributed by atoms with E-state index in [0.29, 0.717) is 13.0 Å². The second-order valence-corrected chi connectivity index (χ2v) is 4.55. The first-order valence-corrected chi connectivity index (χ1v) is 7.07. The fraction of sp³-hybridized carbons (Fsp3) is 0.800. The van der Waals surface area contributed by atoms with E-state index in [0.717, 1.165) is 12.8 Å². The van der Waals surface area contributed by atoms with Crippen molar-refractivity contribution in [2.75, 3.05) is 6.61 Å². The van der Waals surface area contributed by atoms with E-state index in [1.807, 2.05) is 0 Å². The number of rotatable bonds is 12. The van der Waals surface area contributed by atoms with Gasteiger partial charge in [0.25, 0.3) is 0 Å². The zero-order valence-corrected chi connectivity index (χ0v) is 11.4. The first kappa shape index (κ1) is 20.3. The van der Waals surface area contributed by atoms with Crippen LogP contribution < -0.4 is 0 Å². The molecule has 0 aromatic rings. The molecule has 0 spiro atoms. The fourth-order valence-corrected chi connectivity index (χ4v) is 1.80. The normalized spacial score (nSPS) is 9.61. The third kappa shape index (κ3) is 16.0. The Morgan fingerprint density at radius 2 is 1.50 bits per heavy atom. The van der Waals surface area contributed by atoms with Crippen LogP contribution in [-0.2, 0) is 9.53 Å². The summed E-state index contributed by atoms with van der Waals surface area (Å²) in [6.07, 6.45) is 13.6. The molecular weight excluding hydrogens is 331 g/mol. The van der Waals surface area contributed by atoms with E-state index in [1.54, 1.807) is 6.08 Å². The minimum absolute atomic E-state index is 0. The summed E-state index contributed by atoms with van der Waals surface area (Å²) in [5, 5.41) is 0. The van der Waals surface area contributed by atoms with Crippen molar-refractivity contribution in [1.29, 1.82) is 0 Å². The molecule has 0 heterocycles. The molecule has 18 heavy (non-hydrogen) atoms. The molecule has 0 rings (SSSR count). The molecule has 0 unspecified atom stereocenters. The average Bonchev–Trinajstić information content (AvgIpc) is 2.34. The maximum absolute atomic E-state index is 11.1. The SMILES string of the molecule is C=CCOC(=O)CCCCCCCCCCC.[SnH4]. The molecule has 3 heteroatoms. The van der Waals surface area contributed by atoms with Crippen LogP contribution in [-0.4, -0.2) is 36.5 Å². The molecule has 0 aliphatic heterocycles. The van der Waals surface area contributed by atoms with Gasteiger partial charge in [-0.1, -0.05) is 70.9 Å². The van der Waals surface area contributed by atoms with Gasteiger partial charge in [-0.2, -0.15) is 0 Å². The van der Waals surface area contributed by atoms with E-state index in [4.69, 9.17) is 4.74 Å². The molecule has 0 saturated heterocycles. The zero-order valence-electron chi connectivity index (χ0n) is 11.4. The molecule has 0 aliphatic rings. The third-order valence-corrected chi connectivity index (χ3v) is 2.85. The molecule has 0 atom stereocenters. The Morgan fingerprint density at radius 3 is 2.00 bits per heavy atom. The summed E-state index contributed by atoms with van der Waals surface area (Å²) >= 11 is 0. The second-order valence-electron chi connectivity index (χ2n) is 4.55. The molecule has 0 aromatic carbocycles. The molecule has 0 amide bonds. The molecule has 2 nitrogen and oxygen atoms in total. The van der Waals surface area contributed by atoms with E-state index in [9.17, 15) is 4.79 Å². The quantitative estimate of drug-likeness (QED) is 0.230. The number of hydrogen-bond donors (Lipinski definition) is 0. The standard InChI is InChI=1S/C15H28O2.Sn.4H/c1-3-5-6-7-8-9-10-11-12-13-15(16)17-14-4-2;;;;;/h4H,2-3,5-14H2,1H3;;;;;. The van der Waals surface area contributed by atoms with Crippen LogP contribution in [0.1, 0.15) is 71.1 Å². The van der Waals surface area contributed by atoms with Crippen LogP contribution in [0, 0.1) is 0 Å². The number of carbonyl (C=O) groups is 1. The van der Waals surface area contributed by atoms with E-state index in [1.165, 1.54) is 44.9 Å². The molecule has 0 aliphatic carbocycles. The minimum atomic E-state index is -0.0900. The first-order chi connectivity index (χ1) is 8.31. The van der Waals surface area contributed by atoms with Crippen molar-refractivity contribution < 1.29 is 9.53 Å². The summed E-state index contributed by atoms with van der Waals surface area (Å²) in [6.45, 7) is 6.09. The molecule has 108 valence electrons. The summed E-state index contributed by atoms with van der Waals surface area (Å²) in [6, 6.07) is 0. The fourth-order valence-electron chi connectivity index (χ4n) is 1.80. The van der Waals surface area contributed by atoms with Gasteiger partial charge in [-0.05, 0) is 6.42 Å². The summed E-state index contributed by atoms with van der Waals surface area (Å²) in [4.78, 5) is 11.1. The summed E-state index contributed by atoms with van der Waals surface area (Å²) < 4.78 is 4.91. The summed E-state index contributed by atoms with van der Waals surface area (Å²) in [5.41, 5.74) is 0. The Bertz CT molecular complexity index is 193. The molecular formula is C15H32O2Sn. The maximum atomic E-state index is 11.1. The van der Waals surface area contributed by atoms with Gasteiger partial charge in [-0.25, -0.2) is 0 Å². The topological polar surface area (TPSA) is 26.3 Å². The van der Waals surface area contributed by atoms with Crippen molar-refractivity contribution in [3.63, 3.8) is 0 Å². The van der Waals surface area contributed by atoms with Gasteiger partial charge in [0.15, 0.2) is 0 Å². The Labute approximate surface area is 130 Å². The molecule has 0 bridgehead atoms. The Balaban J connectivity index is 0. The monoisotopic (exact) mass is 364 g/mol. The van der Waals surface area contributed by atoms with Crippen molar-refractivity contribution >= 4 is 29.9 Å². The Morgan fingerprint density at radius 1 is 1.00 bits per heavy atom. The second kappa shape index (κ2) is 17.0. The predicted molar refractivity (Wildman–Crippen MR) is 84.3 cm³/mol. The van der Waals surface area contributed by atoms with Crippen LogP contribution in [0.4, 0.5) is 0 Å². The van der Waals surface area contributed by atoms with E-state index < -0.39 is 0 Å². The van der Waals surface area contributed by atoms with E-state index >= 15 is 0 Å². The zero-order chi connectivity index (χ0) is 12.8. The van der Waals surface area contributed by atoms with Gasteiger partial charge in [-0.3, -0.25) is 4.79 Å². The van der Waals surface area contributed by atoms with Crippen LogP contribution in [0.2, 0.25) is 0 Å². The van der Waals surface area contributed by atoms with Gasteiger partial charge < -0.3 is 4.74 Å². The number of ether oxygens (including phenoxy) is 1. The van der Waals surface area contributed by atoms with Crippen LogP contribution in [0.25, 0.3) is 0 Å². The Kier molecular flexibility index (Phi) is 19.2. The summed E-state index contributed by atoms with van der Waals surface area (Å²) in [7, 11) is 0. The molecule has 0 radical (unpaired) electrons. The van der Waals surface area contributed by atoms with Gasteiger partial charge in [0.05, 0.1) is 0 Å². The predicted octanol–water partition coefficient (Wildman–Crippen LogP) is 3.18. The van der Waals surface area contributed by atoms with E-state index in [-0.39, 0.29) is 29.9 Å². The van der Waals surface area contributed by atoms with Crippen molar-refractivity contribution in [2.45, 2.75) is 71.1 Å². The van der Waals surface area contributed by atoms with Crippen LogP contribution in [0.15, 0.2) is 12.7 Å². The summed E-state index contributed by atoms with van der Waals surface area (Å²) in [5.74, 6) is -0.0900. The van der Waals surface area contributed by atoms with Gasteiger partial charge in [0.2, 0.25) is 0 Å². The molecule has 0 N–H and O–H groups in total. The van der Waals surface area contributed by atoms with Crippen LogP contribution >= 0.6 is 0 Å². The van der Waals surface area contributed by atoms with Crippen LogP contribution in [0.3, 0.4) is 0 Å². The molecule has 0 saturated carbocycles. The van der Waals surface area contributed by atoms with Gasteiger partial charge in [0.1, 0.15) is 6.61 Å². The first-order valence-electron chi connectivity index (χ1n) is 7.07. The van der Waals surface area contributed by atoms with Crippen molar-refractivity contribution in [3.8, 4) is 0 Å². The average molecular weight is 363 g/mol. The van der Waals surface area contributed by atoms with Crippen molar-refractivity contribution in [2.24, 2.45) is 0 Å². The number of esters is 1. The number of carbonyl (C=O) groups excluding carboxylic acids is 1. The number of hydrogen-bond acceptors (Lipinski definition) is 2. The third-order valence-electron chi connectivity index (χ3n) is 2.85. The van der Waals surface area contributed by atoms with Gasteiger partial charge in [0, 0.05) is 6.42 Å². The van der Waals surface area contributed by atoms with Crippen molar-refractivity contribution in [1.82, 2.24) is 0 Å². The Hall–Kier alpha value is 0.00870. The number of unbranched alkanes of at least 4 members (excludes halogenated alkanes) is 8. The van der Waals surface area contributed by atoms with Gasteiger partial charge >= 0.3 is 29.9 Å². The van der Waals surface area contributed by atoms with E-state index in [2.05, 4.69) is 13.5 Å². The van der Waals surface area contributed by atoms with Crippen molar-refractivity contribution in [3.05, 3.63) is 12.7 Å². The van der Waals surface area contributed by atoms with Gasteiger partial charge in [-0.15, -0.1) is 0 Å². The molecule has 0 fully saturated rings. The molecule has 0 aromatic heterocycles. The van der Waals surface area contributed by atoms with Crippen LogP contribution in [0.5, 0.6) is 0 Å².